The largest absolute Gasteiger partial charge is 0.384 e. The zero-order valence-corrected chi connectivity index (χ0v) is 23.4. The molecule has 1 atom stereocenters. The highest BCUT2D eigenvalue weighted by Crippen LogP contribution is 2.51. The van der Waals surface area contributed by atoms with Crippen LogP contribution in [0.3, 0.4) is 0 Å². The van der Waals surface area contributed by atoms with Gasteiger partial charge in [0.25, 0.3) is 5.69 Å². The Morgan fingerprint density at radius 1 is 1.23 bits per heavy atom. The fourth-order valence-electron chi connectivity index (χ4n) is 4.96. The van der Waals surface area contributed by atoms with Gasteiger partial charge in [-0.3, -0.25) is 19.8 Å². The second kappa shape index (κ2) is 10.4. The summed E-state index contributed by atoms with van der Waals surface area (Å²) in [6.45, 7) is 4.02. The van der Waals surface area contributed by atoms with E-state index in [2.05, 4.69) is 16.3 Å². The molecule has 0 amide bonds. The maximum absolute atomic E-state index is 13.6. The van der Waals surface area contributed by atoms with Crippen molar-refractivity contribution in [3.05, 3.63) is 97.5 Å². The van der Waals surface area contributed by atoms with E-state index in [0.717, 1.165) is 5.56 Å². The van der Waals surface area contributed by atoms with E-state index in [1.807, 2.05) is 38.1 Å². The van der Waals surface area contributed by atoms with Crippen LogP contribution in [0.15, 0.2) is 75.5 Å². The van der Waals surface area contributed by atoms with Gasteiger partial charge >= 0.3 is 0 Å². The maximum Gasteiger partial charge on any atom is 0.269 e. The Balaban J connectivity index is 1.57. The zero-order valence-electron chi connectivity index (χ0n) is 21.1. The number of Topliss-reactive ketones (excluding diaryl/α,β-unsaturated/α-hetero) is 1. The molecule has 0 saturated heterocycles. The lowest BCUT2D eigenvalue weighted by molar-refractivity contribution is -0.384. The fourth-order valence-corrected chi connectivity index (χ4v) is 7.12. The summed E-state index contributed by atoms with van der Waals surface area (Å²) in [5.41, 5.74) is 9.13. The van der Waals surface area contributed by atoms with Crippen LogP contribution >= 0.6 is 34.7 Å². The first-order valence-electron chi connectivity index (χ1n) is 12.0. The monoisotopic (exact) mass is 578 g/mol. The molecule has 1 aliphatic carbocycles. The summed E-state index contributed by atoms with van der Waals surface area (Å²) in [6, 6.07) is 15.7. The predicted octanol–water partition coefficient (Wildman–Crippen LogP) is 6.33. The number of carbonyl (C=O) groups excluding carboxylic acids is 1. The number of rotatable bonds is 6. The van der Waals surface area contributed by atoms with Crippen molar-refractivity contribution in [2.45, 2.75) is 42.7 Å². The Morgan fingerprint density at radius 2 is 1.95 bits per heavy atom. The number of halogens is 1. The molecule has 0 bridgehead atoms. The Hall–Kier alpha value is -3.72. The van der Waals surface area contributed by atoms with E-state index in [4.69, 9.17) is 17.3 Å². The number of carbonyl (C=O) groups is 1. The summed E-state index contributed by atoms with van der Waals surface area (Å²) >= 11 is 9.10. The number of nitro benzene ring substituents is 1. The molecule has 0 fully saturated rings. The van der Waals surface area contributed by atoms with Gasteiger partial charge in [0.2, 0.25) is 5.13 Å². The van der Waals surface area contributed by atoms with Gasteiger partial charge in [-0.05, 0) is 29.0 Å². The summed E-state index contributed by atoms with van der Waals surface area (Å²) < 4.78 is 0.692. The van der Waals surface area contributed by atoms with Crippen molar-refractivity contribution in [3.8, 4) is 6.07 Å². The zero-order chi connectivity index (χ0) is 27.9. The van der Waals surface area contributed by atoms with Crippen LogP contribution in [0.5, 0.6) is 0 Å². The van der Waals surface area contributed by atoms with E-state index in [0.29, 0.717) is 49.9 Å². The van der Waals surface area contributed by atoms with Gasteiger partial charge in [0.1, 0.15) is 5.82 Å². The third-order valence-electron chi connectivity index (χ3n) is 6.71. The molecule has 2 heterocycles. The number of thioether (sulfide) groups is 1. The molecule has 0 saturated carbocycles. The molecule has 1 unspecified atom stereocenters. The molecule has 9 nitrogen and oxygen atoms in total. The highest BCUT2D eigenvalue weighted by molar-refractivity contribution is 8.00. The van der Waals surface area contributed by atoms with Gasteiger partial charge in [-0.25, -0.2) is 0 Å². The first-order valence-corrected chi connectivity index (χ1v) is 14.2. The minimum atomic E-state index is -0.729. The summed E-state index contributed by atoms with van der Waals surface area (Å²) in [5, 5.41) is 31.3. The van der Waals surface area contributed by atoms with Crippen LogP contribution in [-0.2, 0) is 10.5 Å². The van der Waals surface area contributed by atoms with Gasteiger partial charge < -0.3 is 5.73 Å². The van der Waals surface area contributed by atoms with Crippen molar-refractivity contribution >= 4 is 51.3 Å². The molecule has 5 rings (SSSR count). The van der Waals surface area contributed by atoms with Crippen molar-refractivity contribution < 1.29 is 9.72 Å². The van der Waals surface area contributed by atoms with Crippen LogP contribution in [0.4, 0.5) is 10.8 Å². The molecule has 2 aliphatic rings. The number of hydrogen-bond donors (Lipinski definition) is 1. The van der Waals surface area contributed by atoms with E-state index in [1.54, 1.807) is 17.0 Å². The molecular weight excluding hydrogens is 556 g/mol. The lowest BCUT2D eigenvalue weighted by Gasteiger charge is -2.42. The Labute approximate surface area is 238 Å². The average molecular weight is 579 g/mol. The van der Waals surface area contributed by atoms with Crippen molar-refractivity contribution in [2.24, 2.45) is 11.1 Å². The summed E-state index contributed by atoms with van der Waals surface area (Å²) in [6.07, 6.45) is 0.829. The first-order chi connectivity index (χ1) is 18.6. The van der Waals surface area contributed by atoms with Crippen LogP contribution in [0.1, 0.15) is 43.7 Å². The Kier molecular flexibility index (Phi) is 7.20. The third kappa shape index (κ3) is 5.15. The van der Waals surface area contributed by atoms with Gasteiger partial charge in [-0.1, -0.05) is 78.9 Å². The Morgan fingerprint density at radius 3 is 2.62 bits per heavy atom. The van der Waals surface area contributed by atoms with Crippen molar-refractivity contribution in [2.75, 3.05) is 4.90 Å². The normalized spacial score (nSPS) is 18.7. The van der Waals surface area contributed by atoms with Gasteiger partial charge in [-0.2, -0.15) is 5.26 Å². The molecule has 2 N–H and O–H groups in total. The van der Waals surface area contributed by atoms with E-state index in [-0.39, 0.29) is 28.3 Å². The molecule has 3 aromatic rings. The first kappa shape index (κ1) is 26.9. The van der Waals surface area contributed by atoms with Gasteiger partial charge in [0.05, 0.1) is 22.5 Å². The lowest BCUT2D eigenvalue weighted by Crippen LogP contribution is -2.42. The quantitative estimate of drug-likeness (QED) is 0.202. The summed E-state index contributed by atoms with van der Waals surface area (Å²) in [4.78, 5) is 26.0. The highest BCUT2D eigenvalue weighted by atomic mass is 35.5. The van der Waals surface area contributed by atoms with Crippen molar-refractivity contribution in [3.63, 3.8) is 0 Å². The number of nitrogens with two attached hydrogens (primary N) is 1. The average Bonchev–Trinajstić information content (AvgIpc) is 3.35. The number of nitrogens with zero attached hydrogens (tertiary/aromatic N) is 5. The number of anilines is 1. The van der Waals surface area contributed by atoms with Crippen LogP contribution in [-0.4, -0.2) is 20.9 Å². The van der Waals surface area contributed by atoms with E-state index in [1.165, 1.54) is 35.2 Å². The molecule has 12 heteroatoms. The summed E-state index contributed by atoms with van der Waals surface area (Å²) in [7, 11) is 0. The maximum atomic E-state index is 13.6. The minimum Gasteiger partial charge on any atom is -0.384 e. The van der Waals surface area contributed by atoms with Crippen molar-refractivity contribution in [1.82, 2.24) is 10.2 Å². The highest BCUT2D eigenvalue weighted by Gasteiger charge is 2.45. The number of non-ortho nitro benzene ring substituents is 1. The van der Waals surface area contributed by atoms with Crippen LogP contribution < -0.4 is 10.6 Å². The number of hydrogen-bond acceptors (Lipinski definition) is 10. The van der Waals surface area contributed by atoms with Crippen LogP contribution in [0, 0.1) is 26.9 Å². The van der Waals surface area contributed by atoms with E-state index in [9.17, 15) is 20.2 Å². The van der Waals surface area contributed by atoms with Gasteiger partial charge in [-0.15, -0.1) is 10.2 Å². The number of ketones is 1. The summed E-state index contributed by atoms with van der Waals surface area (Å²) in [5.74, 6) is -0.0469. The number of benzene rings is 2. The standard InChI is InChI=1S/C27H23ClN6O3S2/c1-27(2)11-20-23(21(35)12-27)22(15-7-9-17(10-8-15)34(36)37)18(13-29)24(30)33(20)25-31-32-26(39-25)38-14-16-5-3-4-6-19(16)28/h3-10,22H,11-12,14,30H2,1-2H3. The Bertz CT molecular complexity index is 1590. The van der Waals surface area contributed by atoms with Gasteiger partial charge in [0, 0.05) is 40.6 Å². The molecule has 198 valence electrons. The third-order valence-corrected chi connectivity index (χ3v) is 9.17. The number of aromatic nitrogens is 2. The number of allylic oxidation sites excluding steroid dienone is 3. The van der Waals surface area contributed by atoms with Crippen LogP contribution in [0.2, 0.25) is 5.02 Å². The van der Waals surface area contributed by atoms with Gasteiger partial charge in [0.15, 0.2) is 10.1 Å². The molecule has 1 aliphatic heterocycles. The second-order valence-corrected chi connectivity index (χ2v) is 12.6. The minimum absolute atomic E-state index is 0.0763. The molecule has 2 aromatic carbocycles. The molecule has 39 heavy (non-hydrogen) atoms. The predicted molar refractivity (Wildman–Crippen MR) is 151 cm³/mol. The number of nitro groups is 1. The van der Waals surface area contributed by atoms with Crippen LogP contribution in [0.25, 0.3) is 0 Å². The topological polar surface area (TPSA) is 139 Å². The smallest absolute Gasteiger partial charge is 0.269 e. The number of nitriles is 1. The van der Waals surface area contributed by atoms with Crippen molar-refractivity contribution in [1.29, 1.82) is 5.26 Å². The van der Waals surface area contributed by atoms with E-state index >= 15 is 0 Å². The molecule has 0 spiro atoms. The lowest BCUT2D eigenvalue weighted by atomic mass is 9.68. The molecule has 0 radical (unpaired) electrons. The molecule has 1 aromatic heterocycles. The van der Waals surface area contributed by atoms with E-state index < -0.39 is 10.8 Å². The fraction of sp³-hybridized carbons (Fsp3) is 0.259. The molecular formula is C27H23ClN6O3S2. The SMILES string of the molecule is CC1(C)CC(=O)C2=C(C1)N(c1nnc(SCc3ccccc3Cl)s1)C(N)=C(C#N)C2c1ccc([N+](=O)[O-])cc1. The second-order valence-electron chi connectivity index (χ2n) is 10.1.